The van der Waals surface area contributed by atoms with Gasteiger partial charge in [-0.3, -0.25) is 9.36 Å². The van der Waals surface area contributed by atoms with E-state index in [1.165, 1.54) is 17.4 Å². The monoisotopic (exact) mass is 359 g/mol. The van der Waals surface area contributed by atoms with E-state index in [1.807, 2.05) is 27.7 Å². The van der Waals surface area contributed by atoms with Gasteiger partial charge in [-0.2, -0.15) is 0 Å². The fraction of sp³-hybridized carbons (Fsp3) is 0.611. The minimum atomic E-state index is -3.12. The van der Waals surface area contributed by atoms with Crippen molar-refractivity contribution in [1.82, 2.24) is 4.67 Å². The van der Waals surface area contributed by atoms with Crippen LogP contribution >= 0.6 is 7.52 Å². The second kappa shape index (κ2) is 12.1. The minimum Gasteiger partial charge on any atom is -0.462 e. The van der Waals surface area contributed by atoms with Gasteiger partial charge >= 0.3 is 13.5 Å². The van der Waals surface area contributed by atoms with Crippen LogP contribution in [-0.2, 0) is 18.6 Å². The first kappa shape index (κ1) is 24.9. The van der Waals surface area contributed by atoms with Gasteiger partial charge in [-0.1, -0.05) is 46.9 Å². The fourth-order valence-corrected chi connectivity index (χ4v) is 3.71. The van der Waals surface area contributed by atoms with Gasteiger partial charge in [0.05, 0.1) is 6.10 Å². The molecule has 0 aromatic carbocycles. The molecule has 1 heterocycles. The van der Waals surface area contributed by atoms with Gasteiger partial charge in [0.15, 0.2) is 0 Å². The normalized spacial score (nSPS) is 21.4. The second-order valence-corrected chi connectivity index (χ2v) is 7.25. The molecule has 0 saturated heterocycles. The molecule has 0 bridgehead atoms. The molecule has 0 aromatic heterocycles. The summed E-state index contributed by atoms with van der Waals surface area (Å²) < 4.78 is 24.8. The lowest BCUT2D eigenvalue weighted by atomic mass is 10.2. The van der Waals surface area contributed by atoms with Gasteiger partial charge in [0.25, 0.3) is 0 Å². The standard InChI is InChI=1S/C14H22NO4P.2C2H6/c1-7-12-9-15(11(5)14(16)18-10(3)4)20(6,17)19-13(12)8-2;2*1-2/h7-8,10-11H,1-2,9H2,3-6H3;2*1-2H3. The molecule has 0 spiro atoms. The highest BCUT2D eigenvalue weighted by Gasteiger charge is 2.40. The van der Waals surface area contributed by atoms with E-state index in [9.17, 15) is 9.36 Å². The predicted molar refractivity (Wildman–Crippen MR) is 102 cm³/mol. The SMILES string of the molecule is C=CC1=C(C=C)OP(C)(=O)N(C(C)C(=O)OC(C)C)C1.CC.CC. The van der Waals surface area contributed by atoms with Crippen molar-refractivity contribution in [3.8, 4) is 0 Å². The smallest absolute Gasteiger partial charge is 0.323 e. The number of carbonyl (C=O) groups is 1. The topological polar surface area (TPSA) is 55.8 Å². The lowest BCUT2D eigenvalue weighted by Gasteiger charge is -2.37. The summed E-state index contributed by atoms with van der Waals surface area (Å²) in [7, 11) is -3.12. The van der Waals surface area contributed by atoms with E-state index in [0.717, 1.165) is 5.57 Å². The van der Waals surface area contributed by atoms with Crippen molar-refractivity contribution in [2.75, 3.05) is 13.2 Å². The summed E-state index contributed by atoms with van der Waals surface area (Å²) in [5, 5.41) is 0. The Balaban J connectivity index is 0. The summed E-state index contributed by atoms with van der Waals surface area (Å²) in [6, 6.07) is -0.658. The quantitative estimate of drug-likeness (QED) is 0.501. The van der Waals surface area contributed by atoms with E-state index in [0.29, 0.717) is 12.3 Å². The minimum absolute atomic E-state index is 0.218. The third kappa shape index (κ3) is 7.06. The maximum Gasteiger partial charge on any atom is 0.323 e. The molecule has 1 aliphatic rings. The number of allylic oxidation sites excluding steroid dienone is 1. The van der Waals surface area contributed by atoms with Crippen LogP contribution in [0.4, 0.5) is 0 Å². The van der Waals surface area contributed by atoms with Gasteiger partial charge in [0.2, 0.25) is 0 Å². The van der Waals surface area contributed by atoms with Gasteiger partial charge in [0.1, 0.15) is 11.8 Å². The Hall–Kier alpha value is -1.32. The van der Waals surface area contributed by atoms with Crippen LogP contribution < -0.4 is 0 Å². The van der Waals surface area contributed by atoms with Gasteiger partial charge in [-0.15, -0.1) is 0 Å². The van der Waals surface area contributed by atoms with Crippen LogP contribution in [0.15, 0.2) is 36.6 Å². The van der Waals surface area contributed by atoms with Gasteiger partial charge < -0.3 is 9.26 Å². The first-order chi connectivity index (χ1) is 11.2. The molecule has 1 aliphatic heterocycles. The Kier molecular flexibility index (Phi) is 12.6. The molecule has 0 aliphatic carbocycles. The Morgan fingerprint density at radius 1 is 1.21 bits per heavy atom. The molecule has 24 heavy (non-hydrogen) atoms. The molecule has 1 rings (SSSR count). The maximum atomic E-state index is 12.6. The van der Waals surface area contributed by atoms with E-state index >= 15 is 0 Å². The molecule has 140 valence electrons. The van der Waals surface area contributed by atoms with E-state index in [2.05, 4.69) is 13.2 Å². The zero-order valence-corrected chi connectivity index (χ0v) is 17.4. The zero-order valence-electron chi connectivity index (χ0n) is 16.5. The van der Waals surface area contributed by atoms with Crippen molar-refractivity contribution < 1.29 is 18.6 Å². The van der Waals surface area contributed by atoms with Crippen molar-refractivity contribution >= 4 is 13.5 Å². The van der Waals surface area contributed by atoms with Crippen molar-refractivity contribution in [3.05, 3.63) is 36.6 Å². The number of hydrogen-bond acceptors (Lipinski definition) is 4. The van der Waals surface area contributed by atoms with E-state index in [-0.39, 0.29) is 6.10 Å². The summed E-state index contributed by atoms with van der Waals surface area (Å²) >= 11 is 0. The first-order valence-corrected chi connectivity index (χ1v) is 10.5. The van der Waals surface area contributed by atoms with Crippen LogP contribution in [0.2, 0.25) is 0 Å². The third-order valence-corrected chi connectivity index (χ3v) is 4.91. The van der Waals surface area contributed by atoms with Crippen LogP contribution in [0.1, 0.15) is 48.5 Å². The molecular formula is C18H34NO4P. The van der Waals surface area contributed by atoms with Crippen molar-refractivity contribution in [2.24, 2.45) is 0 Å². The summed E-state index contributed by atoms with van der Waals surface area (Å²) in [5.74, 6) is 0.0302. The third-order valence-electron chi connectivity index (χ3n) is 2.96. The van der Waals surface area contributed by atoms with Crippen molar-refractivity contribution in [1.29, 1.82) is 0 Å². The van der Waals surface area contributed by atoms with E-state index < -0.39 is 19.5 Å². The number of carbonyl (C=O) groups excluding carboxylic acids is 1. The Morgan fingerprint density at radius 2 is 1.71 bits per heavy atom. The van der Waals surface area contributed by atoms with Gasteiger partial charge in [0, 0.05) is 18.8 Å². The lowest BCUT2D eigenvalue weighted by molar-refractivity contribution is -0.151. The highest BCUT2D eigenvalue weighted by atomic mass is 31.2. The van der Waals surface area contributed by atoms with Crippen LogP contribution in [0.3, 0.4) is 0 Å². The number of hydrogen-bond donors (Lipinski definition) is 0. The zero-order chi connectivity index (χ0) is 19.5. The molecular weight excluding hydrogens is 325 g/mol. The Labute approximate surface area is 147 Å². The highest BCUT2D eigenvalue weighted by Crippen LogP contribution is 2.54. The van der Waals surface area contributed by atoms with Crippen LogP contribution in [0.5, 0.6) is 0 Å². The molecule has 2 atom stereocenters. The summed E-state index contributed by atoms with van der Waals surface area (Å²) in [5.41, 5.74) is 0.748. The van der Waals surface area contributed by atoms with Crippen LogP contribution in [-0.4, -0.2) is 36.0 Å². The van der Waals surface area contributed by atoms with Gasteiger partial charge in [-0.25, -0.2) is 4.67 Å². The summed E-state index contributed by atoms with van der Waals surface area (Å²) in [6.07, 6.45) is 2.90. The number of esters is 1. The van der Waals surface area contributed by atoms with Gasteiger partial charge in [-0.05, 0) is 26.8 Å². The molecule has 2 unspecified atom stereocenters. The fourth-order valence-electron chi connectivity index (χ4n) is 1.91. The van der Waals surface area contributed by atoms with E-state index in [1.54, 1.807) is 26.8 Å². The Morgan fingerprint density at radius 3 is 2.08 bits per heavy atom. The van der Waals surface area contributed by atoms with Crippen molar-refractivity contribution in [3.63, 3.8) is 0 Å². The highest BCUT2D eigenvalue weighted by molar-refractivity contribution is 7.55. The predicted octanol–water partition coefficient (Wildman–Crippen LogP) is 5.16. The second-order valence-electron chi connectivity index (χ2n) is 4.95. The summed E-state index contributed by atoms with van der Waals surface area (Å²) in [4.78, 5) is 12.0. The molecule has 0 radical (unpaired) electrons. The lowest BCUT2D eigenvalue weighted by Crippen LogP contribution is -2.41. The molecule has 5 nitrogen and oxygen atoms in total. The number of nitrogens with zero attached hydrogens (tertiary/aromatic N) is 1. The Bertz CT molecular complexity index is 497. The molecule has 0 saturated carbocycles. The molecule has 0 fully saturated rings. The summed E-state index contributed by atoms with van der Waals surface area (Å²) in [6.45, 7) is 22.3. The average molecular weight is 359 g/mol. The average Bonchev–Trinajstić information content (AvgIpc) is 2.56. The van der Waals surface area contributed by atoms with Crippen LogP contribution in [0, 0.1) is 0 Å². The van der Waals surface area contributed by atoms with Crippen molar-refractivity contribution in [2.45, 2.75) is 60.6 Å². The largest absolute Gasteiger partial charge is 0.462 e. The van der Waals surface area contributed by atoms with Crippen LogP contribution in [0.25, 0.3) is 0 Å². The number of rotatable bonds is 5. The van der Waals surface area contributed by atoms with E-state index in [4.69, 9.17) is 9.26 Å². The maximum absolute atomic E-state index is 12.6. The first-order valence-electron chi connectivity index (χ1n) is 8.45. The molecule has 0 amide bonds. The number of ether oxygens (including phenoxy) is 1. The molecule has 6 heteroatoms. The molecule has 0 N–H and O–H groups in total. The molecule has 0 aromatic rings.